The number of hydrogen-bond donors (Lipinski definition) is 0. The Morgan fingerprint density at radius 3 is 2.11 bits per heavy atom. The molecule has 0 saturated carbocycles. The minimum atomic E-state index is -3.54. The summed E-state index contributed by atoms with van der Waals surface area (Å²) in [4.78, 5) is 25.5. The SMILES string of the molecule is CC(=O)c1ccc(OCC(=O)N2CCN(S(=O)(=O)c3ccccc3)CC2)cc1. The lowest BCUT2D eigenvalue weighted by molar-refractivity contribution is -0.134. The van der Waals surface area contributed by atoms with E-state index in [1.807, 2.05) is 0 Å². The van der Waals surface area contributed by atoms with Crippen LogP contribution in [0.3, 0.4) is 0 Å². The maximum atomic E-state index is 12.6. The van der Waals surface area contributed by atoms with Crippen molar-refractivity contribution in [3.63, 3.8) is 0 Å². The van der Waals surface area contributed by atoms with Gasteiger partial charge in [0.2, 0.25) is 10.0 Å². The molecule has 0 aromatic heterocycles. The number of ether oxygens (including phenoxy) is 1. The molecule has 0 radical (unpaired) electrons. The van der Waals surface area contributed by atoms with Gasteiger partial charge in [-0.15, -0.1) is 0 Å². The normalized spacial score (nSPS) is 15.2. The standard InChI is InChI=1S/C20H22N2O5S/c1-16(23)17-7-9-18(10-8-17)27-15-20(24)21-11-13-22(14-12-21)28(25,26)19-5-3-2-4-6-19/h2-10H,11-15H2,1H3. The van der Waals surface area contributed by atoms with E-state index in [0.29, 0.717) is 24.4 Å². The quantitative estimate of drug-likeness (QED) is 0.688. The van der Waals surface area contributed by atoms with Crippen LogP contribution in [0.5, 0.6) is 5.75 Å². The molecule has 7 nitrogen and oxygen atoms in total. The molecule has 148 valence electrons. The number of sulfonamides is 1. The summed E-state index contributed by atoms with van der Waals surface area (Å²) in [7, 11) is -3.54. The predicted octanol–water partition coefficient (Wildman–Crippen LogP) is 1.80. The number of ketones is 1. The van der Waals surface area contributed by atoms with Gasteiger partial charge in [-0.1, -0.05) is 18.2 Å². The van der Waals surface area contributed by atoms with Crippen LogP contribution in [0.2, 0.25) is 0 Å². The zero-order valence-corrected chi connectivity index (χ0v) is 16.4. The number of piperazine rings is 1. The average Bonchev–Trinajstić information content (AvgIpc) is 2.73. The van der Waals surface area contributed by atoms with Crippen molar-refractivity contribution in [2.45, 2.75) is 11.8 Å². The minimum absolute atomic E-state index is 0.0362. The Hall–Kier alpha value is -2.71. The molecular formula is C20H22N2O5S. The molecule has 0 bridgehead atoms. The lowest BCUT2D eigenvalue weighted by atomic mass is 10.1. The zero-order valence-electron chi connectivity index (χ0n) is 15.6. The van der Waals surface area contributed by atoms with Gasteiger partial charge < -0.3 is 9.64 Å². The molecule has 0 spiro atoms. The van der Waals surface area contributed by atoms with Crippen LogP contribution < -0.4 is 4.74 Å². The van der Waals surface area contributed by atoms with Crippen LogP contribution in [0.1, 0.15) is 17.3 Å². The van der Waals surface area contributed by atoms with Crippen molar-refractivity contribution in [3.05, 3.63) is 60.2 Å². The Bertz CT molecular complexity index is 934. The topological polar surface area (TPSA) is 84.0 Å². The van der Waals surface area contributed by atoms with Crippen LogP contribution in [0.15, 0.2) is 59.5 Å². The summed E-state index contributed by atoms with van der Waals surface area (Å²) in [6, 6.07) is 14.9. The molecule has 3 rings (SSSR count). The molecule has 1 fully saturated rings. The van der Waals surface area contributed by atoms with Gasteiger partial charge in [0.25, 0.3) is 5.91 Å². The van der Waals surface area contributed by atoms with Crippen molar-refractivity contribution in [1.82, 2.24) is 9.21 Å². The Kier molecular flexibility index (Phi) is 6.11. The fourth-order valence-electron chi connectivity index (χ4n) is 2.94. The number of nitrogens with zero attached hydrogens (tertiary/aromatic N) is 2. The molecular weight excluding hydrogens is 380 g/mol. The van der Waals surface area contributed by atoms with E-state index in [1.165, 1.54) is 11.2 Å². The largest absolute Gasteiger partial charge is 0.484 e. The molecule has 0 atom stereocenters. The van der Waals surface area contributed by atoms with Crippen LogP contribution in [-0.2, 0) is 14.8 Å². The lowest BCUT2D eigenvalue weighted by Gasteiger charge is -2.33. The third kappa shape index (κ3) is 4.58. The van der Waals surface area contributed by atoms with Crippen LogP contribution in [0, 0.1) is 0 Å². The van der Waals surface area contributed by atoms with Gasteiger partial charge >= 0.3 is 0 Å². The summed E-state index contributed by atoms with van der Waals surface area (Å²) in [5.74, 6) is 0.266. The lowest BCUT2D eigenvalue weighted by Crippen LogP contribution is -2.51. The van der Waals surface area contributed by atoms with E-state index < -0.39 is 10.0 Å². The first-order chi connectivity index (χ1) is 13.4. The highest BCUT2D eigenvalue weighted by Crippen LogP contribution is 2.18. The van der Waals surface area contributed by atoms with Gasteiger partial charge in [-0.05, 0) is 43.3 Å². The molecule has 0 aliphatic carbocycles. The van der Waals surface area contributed by atoms with Crippen LogP contribution >= 0.6 is 0 Å². The van der Waals surface area contributed by atoms with Crippen LogP contribution in [0.25, 0.3) is 0 Å². The summed E-state index contributed by atoms with van der Waals surface area (Å²) in [5, 5.41) is 0. The monoisotopic (exact) mass is 402 g/mol. The molecule has 0 N–H and O–H groups in total. The number of benzene rings is 2. The minimum Gasteiger partial charge on any atom is -0.484 e. The fraction of sp³-hybridized carbons (Fsp3) is 0.300. The highest BCUT2D eigenvalue weighted by atomic mass is 32.2. The molecule has 1 aliphatic heterocycles. The summed E-state index contributed by atoms with van der Waals surface area (Å²) in [6.07, 6.45) is 0. The summed E-state index contributed by atoms with van der Waals surface area (Å²) < 4.78 is 32.1. The second kappa shape index (κ2) is 8.53. The first kappa shape index (κ1) is 20.0. The summed E-state index contributed by atoms with van der Waals surface area (Å²) in [6.45, 7) is 2.48. The molecule has 28 heavy (non-hydrogen) atoms. The Morgan fingerprint density at radius 2 is 1.54 bits per heavy atom. The molecule has 2 aromatic rings. The molecule has 8 heteroatoms. The van der Waals surface area contributed by atoms with Crippen molar-refractivity contribution in [2.24, 2.45) is 0 Å². The van der Waals surface area contributed by atoms with Crippen molar-refractivity contribution in [3.8, 4) is 5.75 Å². The Balaban J connectivity index is 1.52. The molecule has 0 unspecified atom stereocenters. The van der Waals surface area contributed by atoms with Crippen molar-refractivity contribution < 1.29 is 22.7 Å². The van der Waals surface area contributed by atoms with E-state index in [1.54, 1.807) is 59.5 Å². The molecule has 1 aliphatic rings. The zero-order chi connectivity index (χ0) is 20.1. The van der Waals surface area contributed by atoms with Gasteiger partial charge in [0.1, 0.15) is 5.75 Å². The number of Topliss-reactive ketones (excluding diaryl/α,β-unsaturated/α-hetero) is 1. The predicted molar refractivity (Wildman–Crippen MR) is 104 cm³/mol. The van der Waals surface area contributed by atoms with Gasteiger partial charge in [-0.3, -0.25) is 9.59 Å². The van der Waals surface area contributed by atoms with Gasteiger partial charge in [-0.25, -0.2) is 8.42 Å². The molecule has 2 aromatic carbocycles. The van der Waals surface area contributed by atoms with Crippen molar-refractivity contribution >= 4 is 21.7 Å². The van der Waals surface area contributed by atoms with Gasteiger partial charge in [0.05, 0.1) is 4.90 Å². The summed E-state index contributed by atoms with van der Waals surface area (Å²) in [5.41, 5.74) is 0.578. The third-order valence-corrected chi connectivity index (χ3v) is 6.51. The van der Waals surface area contributed by atoms with Crippen molar-refractivity contribution in [1.29, 1.82) is 0 Å². The molecule has 1 heterocycles. The summed E-state index contributed by atoms with van der Waals surface area (Å²) >= 11 is 0. The van der Waals surface area contributed by atoms with E-state index in [4.69, 9.17) is 4.74 Å². The Morgan fingerprint density at radius 1 is 0.929 bits per heavy atom. The second-order valence-corrected chi connectivity index (χ2v) is 8.41. The maximum absolute atomic E-state index is 12.6. The number of carbonyl (C=O) groups excluding carboxylic acids is 2. The van der Waals surface area contributed by atoms with Gasteiger partial charge in [0.15, 0.2) is 12.4 Å². The van der Waals surface area contributed by atoms with Gasteiger partial charge in [0, 0.05) is 31.7 Å². The van der Waals surface area contributed by atoms with E-state index in [0.717, 1.165) is 0 Å². The maximum Gasteiger partial charge on any atom is 0.260 e. The van der Waals surface area contributed by atoms with Crippen LogP contribution in [-0.4, -0.2) is 62.1 Å². The Labute approximate surface area is 164 Å². The molecule has 1 amide bonds. The van der Waals surface area contributed by atoms with E-state index in [2.05, 4.69) is 0 Å². The van der Waals surface area contributed by atoms with Crippen LogP contribution in [0.4, 0.5) is 0 Å². The smallest absolute Gasteiger partial charge is 0.260 e. The third-order valence-electron chi connectivity index (χ3n) is 4.60. The number of amides is 1. The van der Waals surface area contributed by atoms with E-state index >= 15 is 0 Å². The van der Waals surface area contributed by atoms with E-state index in [-0.39, 0.29) is 36.3 Å². The van der Waals surface area contributed by atoms with E-state index in [9.17, 15) is 18.0 Å². The van der Waals surface area contributed by atoms with Crippen molar-refractivity contribution in [2.75, 3.05) is 32.8 Å². The number of carbonyl (C=O) groups is 2. The highest BCUT2D eigenvalue weighted by Gasteiger charge is 2.30. The second-order valence-electron chi connectivity index (χ2n) is 6.47. The first-order valence-corrected chi connectivity index (χ1v) is 10.4. The highest BCUT2D eigenvalue weighted by molar-refractivity contribution is 7.89. The fourth-order valence-corrected chi connectivity index (χ4v) is 4.38. The molecule has 1 saturated heterocycles. The first-order valence-electron chi connectivity index (χ1n) is 8.95. The average molecular weight is 402 g/mol. The number of hydrogen-bond acceptors (Lipinski definition) is 5. The van der Waals surface area contributed by atoms with Gasteiger partial charge in [-0.2, -0.15) is 4.31 Å². The number of rotatable bonds is 6.